The third kappa shape index (κ3) is 4.46. The maximum atomic E-state index is 12.7. The number of nitrogens with zero attached hydrogens (tertiary/aromatic N) is 4. The van der Waals surface area contributed by atoms with Crippen LogP contribution >= 0.6 is 11.3 Å². The molecule has 1 amide bonds. The average Bonchev–Trinajstić information content (AvgIpc) is 3.15. The lowest BCUT2D eigenvalue weighted by atomic mass is 9.92. The van der Waals surface area contributed by atoms with E-state index in [1.165, 1.54) is 11.3 Å². The second kappa shape index (κ2) is 7.80. The maximum absolute atomic E-state index is 12.7. The molecule has 0 atom stereocenters. The zero-order valence-corrected chi connectivity index (χ0v) is 18.2. The second-order valence-electron chi connectivity index (χ2n) is 8.64. The molecule has 152 valence electrons. The molecule has 1 aromatic carbocycles. The summed E-state index contributed by atoms with van der Waals surface area (Å²) in [5.41, 5.74) is 2.13. The largest absolute Gasteiger partial charge is 0.302 e. The fourth-order valence-electron chi connectivity index (χ4n) is 3.75. The SMILES string of the molecule is Cc1ncc2ccc(-c3cnc(NC(=O)C4CCN(C(C)(C)C)CC4)s3)cc2n1. The Labute approximate surface area is 175 Å². The van der Waals surface area contributed by atoms with Gasteiger partial charge in [0.2, 0.25) is 5.91 Å². The number of hydrogen-bond donors (Lipinski definition) is 1. The van der Waals surface area contributed by atoms with Gasteiger partial charge in [0.05, 0.1) is 10.4 Å². The Morgan fingerprint density at radius 3 is 2.66 bits per heavy atom. The first kappa shape index (κ1) is 19.9. The summed E-state index contributed by atoms with van der Waals surface area (Å²) < 4.78 is 0. The van der Waals surface area contributed by atoms with Gasteiger partial charge >= 0.3 is 0 Å². The molecule has 2 aromatic heterocycles. The summed E-state index contributed by atoms with van der Waals surface area (Å²) in [6, 6.07) is 6.11. The van der Waals surface area contributed by atoms with Crippen molar-refractivity contribution in [3.8, 4) is 10.4 Å². The van der Waals surface area contributed by atoms with Gasteiger partial charge in [-0.2, -0.15) is 0 Å². The molecule has 0 saturated carbocycles. The lowest BCUT2D eigenvalue weighted by Gasteiger charge is -2.40. The summed E-state index contributed by atoms with van der Waals surface area (Å²) in [7, 11) is 0. The first-order valence-corrected chi connectivity index (χ1v) is 10.9. The molecule has 1 saturated heterocycles. The number of aryl methyl sites for hydroxylation is 1. The standard InChI is InChI=1S/C22H27N5OS/c1-14-23-12-17-6-5-16(11-18(17)25-14)19-13-24-21(29-19)26-20(28)15-7-9-27(10-8-15)22(2,3)4/h5-6,11-13,15H,7-10H2,1-4H3,(H,24,26,28). The van der Waals surface area contributed by atoms with Crippen molar-refractivity contribution in [2.75, 3.05) is 18.4 Å². The number of rotatable bonds is 3. The van der Waals surface area contributed by atoms with Crippen molar-refractivity contribution in [2.24, 2.45) is 5.92 Å². The van der Waals surface area contributed by atoms with Crippen LogP contribution in [0, 0.1) is 12.8 Å². The minimum atomic E-state index is 0.0568. The highest BCUT2D eigenvalue weighted by Crippen LogP contribution is 2.31. The summed E-state index contributed by atoms with van der Waals surface area (Å²) in [5, 5.41) is 4.69. The fourth-order valence-corrected chi connectivity index (χ4v) is 4.57. The van der Waals surface area contributed by atoms with Crippen molar-refractivity contribution in [1.29, 1.82) is 0 Å². The Morgan fingerprint density at radius 1 is 1.17 bits per heavy atom. The molecular weight excluding hydrogens is 382 g/mol. The van der Waals surface area contributed by atoms with Crippen LogP contribution in [0.3, 0.4) is 0 Å². The fraction of sp³-hybridized carbons (Fsp3) is 0.455. The number of carbonyl (C=O) groups is 1. The van der Waals surface area contributed by atoms with E-state index in [1.807, 2.05) is 37.5 Å². The van der Waals surface area contributed by atoms with Gasteiger partial charge in [-0.1, -0.05) is 23.5 Å². The van der Waals surface area contributed by atoms with E-state index in [9.17, 15) is 4.79 Å². The van der Waals surface area contributed by atoms with Crippen molar-refractivity contribution in [1.82, 2.24) is 19.9 Å². The molecule has 1 fully saturated rings. The number of carbonyl (C=O) groups excluding carboxylic acids is 1. The third-order valence-corrected chi connectivity index (χ3v) is 6.50. The molecule has 1 N–H and O–H groups in total. The van der Waals surface area contributed by atoms with Gasteiger partial charge in [0, 0.05) is 29.2 Å². The van der Waals surface area contributed by atoms with E-state index < -0.39 is 0 Å². The van der Waals surface area contributed by atoms with Gasteiger partial charge in [-0.3, -0.25) is 9.69 Å². The smallest absolute Gasteiger partial charge is 0.229 e. The van der Waals surface area contributed by atoms with Crippen molar-refractivity contribution in [2.45, 2.75) is 46.1 Å². The van der Waals surface area contributed by atoms with Crippen LogP contribution in [0.1, 0.15) is 39.4 Å². The summed E-state index contributed by atoms with van der Waals surface area (Å²) in [6.07, 6.45) is 5.44. The summed E-state index contributed by atoms with van der Waals surface area (Å²) >= 11 is 1.50. The topological polar surface area (TPSA) is 71.0 Å². The van der Waals surface area contributed by atoms with Crippen LogP contribution in [0.25, 0.3) is 21.3 Å². The van der Waals surface area contributed by atoms with E-state index in [2.05, 4.69) is 45.9 Å². The zero-order valence-electron chi connectivity index (χ0n) is 17.4. The third-order valence-electron chi connectivity index (χ3n) is 5.54. The number of piperidine rings is 1. The van der Waals surface area contributed by atoms with Crippen LogP contribution in [-0.2, 0) is 4.79 Å². The zero-order chi connectivity index (χ0) is 20.6. The number of fused-ring (bicyclic) bond motifs is 1. The number of anilines is 1. The minimum absolute atomic E-state index is 0.0568. The molecule has 0 unspecified atom stereocenters. The molecular formula is C22H27N5OS. The van der Waals surface area contributed by atoms with Crippen LogP contribution in [0.5, 0.6) is 0 Å². The van der Waals surface area contributed by atoms with Crippen LogP contribution in [-0.4, -0.2) is 44.4 Å². The lowest BCUT2D eigenvalue weighted by molar-refractivity contribution is -0.121. The molecule has 29 heavy (non-hydrogen) atoms. The molecule has 1 aliphatic rings. The van der Waals surface area contributed by atoms with Crippen LogP contribution in [0.2, 0.25) is 0 Å². The van der Waals surface area contributed by atoms with Crippen molar-refractivity contribution >= 4 is 33.3 Å². The molecule has 4 rings (SSSR count). The highest BCUT2D eigenvalue weighted by atomic mass is 32.1. The average molecular weight is 410 g/mol. The van der Waals surface area contributed by atoms with Gasteiger partial charge < -0.3 is 5.32 Å². The number of likely N-dealkylation sites (tertiary alicyclic amines) is 1. The molecule has 0 aliphatic carbocycles. The van der Waals surface area contributed by atoms with E-state index in [-0.39, 0.29) is 17.4 Å². The molecule has 3 aromatic rings. The highest BCUT2D eigenvalue weighted by Gasteiger charge is 2.30. The Balaban J connectivity index is 1.42. The van der Waals surface area contributed by atoms with E-state index >= 15 is 0 Å². The Morgan fingerprint density at radius 2 is 1.93 bits per heavy atom. The monoisotopic (exact) mass is 409 g/mol. The normalized spacial score (nSPS) is 16.3. The van der Waals surface area contributed by atoms with Gasteiger partial charge in [-0.05, 0) is 65.3 Å². The maximum Gasteiger partial charge on any atom is 0.229 e. The van der Waals surface area contributed by atoms with E-state index in [0.717, 1.165) is 53.1 Å². The van der Waals surface area contributed by atoms with Gasteiger partial charge in [0.25, 0.3) is 0 Å². The number of amides is 1. The second-order valence-corrected chi connectivity index (χ2v) is 9.67. The molecule has 0 radical (unpaired) electrons. The van der Waals surface area contributed by atoms with Crippen molar-refractivity contribution in [3.05, 3.63) is 36.4 Å². The van der Waals surface area contributed by atoms with E-state index in [0.29, 0.717) is 5.13 Å². The van der Waals surface area contributed by atoms with Crippen LogP contribution in [0.15, 0.2) is 30.6 Å². The van der Waals surface area contributed by atoms with Gasteiger partial charge in [0.1, 0.15) is 5.82 Å². The molecule has 0 spiro atoms. The number of aromatic nitrogens is 3. The number of hydrogen-bond acceptors (Lipinski definition) is 6. The predicted molar refractivity (Wildman–Crippen MR) is 118 cm³/mol. The first-order chi connectivity index (χ1) is 13.8. The molecule has 1 aliphatic heterocycles. The van der Waals surface area contributed by atoms with Gasteiger partial charge in [-0.25, -0.2) is 15.0 Å². The molecule has 0 bridgehead atoms. The quantitative estimate of drug-likeness (QED) is 0.689. The molecule has 7 heteroatoms. The summed E-state index contributed by atoms with van der Waals surface area (Å²) in [6.45, 7) is 10.5. The lowest BCUT2D eigenvalue weighted by Crippen LogP contribution is -2.47. The number of benzene rings is 1. The molecule has 6 nitrogen and oxygen atoms in total. The first-order valence-electron chi connectivity index (χ1n) is 10.0. The Bertz CT molecular complexity index is 1030. The summed E-state index contributed by atoms with van der Waals surface area (Å²) in [5.74, 6) is 0.895. The highest BCUT2D eigenvalue weighted by molar-refractivity contribution is 7.19. The summed E-state index contributed by atoms with van der Waals surface area (Å²) in [4.78, 5) is 29.3. The Kier molecular flexibility index (Phi) is 5.36. The van der Waals surface area contributed by atoms with Gasteiger partial charge in [0.15, 0.2) is 5.13 Å². The van der Waals surface area contributed by atoms with Crippen LogP contribution < -0.4 is 5.32 Å². The van der Waals surface area contributed by atoms with Crippen LogP contribution in [0.4, 0.5) is 5.13 Å². The number of nitrogens with one attached hydrogen (secondary N) is 1. The number of thiazole rings is 1. The van der Waals surface area contributed by atoms with E-state index in [4.69, 9.17) is 0 Å². The Hall–Kier alpha value is -2.38. The minimum Gasteiger partial charge on any atom is -0.302 e. The van der Waals surface area contributed by atoms with E-state index in [1.54, 1.807) is 0 Å². The van der Waals surface area contributed by atoms with Crippen molar-refractivity contribution in [3.63, 3.8) is 0 Å². The van der Waals surface area contributed by atoms with Crippen molar-refractivity contribution < 1.29 is 4.79 Å². The predicted octanol–water partition coefficient (Wildman–Crippen LogP) is 4.51. The van der Waals surface area contributed by atoms with Gasteiger partial charge in [-0.15, -0.1) is 0 Å². The molecule has 3 heterocycles.